The molecule has 1 aliphatic heterocycles. The van der Waals surface area contributed by atoms with Crippen molar-refractivity contribution in [2.75, 3.05) is 0 Å². The average Bonchev–Trinajstić information content (AvgIpc) is 3.22. The molecule has 0 radical (unpaired) electrons. The molecule has 26 heavy (non-hydrogen) atoms. The Kier molecular flexibility index (Phi) is 5.00. The van der Waals surface area contributed by atoms with Gasteiger partial charge in [0, 0.05) is 22.6 Å². The van der Waals surface area contributed by atoms with Gasteiger partial charge < -0.3 is 0 Å². The molecule has 132 valence electrons. The second-order valence-electron chi connectivity index (χ2n) is 6.26. The average molecular weight is 367 g/mol. The fourth-order valence-corrected chi connectivity index (χ4v) is 3.25. The molecular weight excluding hydrogens is 348 g/mol. The Morgan fingerprint density at radius 1 is 1.08 bits per heavy atom. The topological polar surface area (TPSA) is 62.8 Å². The predicted octanol–water partition coefficient (Wildman–Crippen LogP) is 4.25. The van der Waals surface area contributed by atoms with Gasteiger partial charge in [-0.2, -0.15) is 5.10 Å². The SMILES string of the molecule is Clc1ccc(C2=C(c3ncn[nH]3)CC(CCc3ccccc3)ON2)cc1. The molecule has 4 rings (SSSR count). The summed E-state index contributed by atoms with van der Waals surface area (Å²) in [6.45, 7) is 0. The standard InChI is InChI=1S/C20H19ClN4O/c21-16-9-7-15(8-10-16)19-18(20-22-13-23-24-20)12-17(26-25-19)11-6-14-4-2-1-3-5-14/h1-5,7-10,13,17,25H,6,11-12H2,(H,22,23,24). The first-order valence-corrected chi connectivity index (χ1v) is 8.98. The Hall–Kier alpha value is -2.63. The number of rotatable bonds is 5. The number of hydroxylamine groups is 1. The van der Waals surface area contributed by atoms with Crippen molar-refractivity contribution in [1.82, 2.24) is 20.7 Å². The highest BCUT2D eigenvalue weighted by Gasteiger charge is 2.25. The molecule has 2 N–H and O–H groups in total. The monoisotopic (exact) mass is 366 g/mol. The maximum Gasteiger partial charge on any atom is 0.153 e. The summed E-state index contributed by atoms with van der Waals surface area (Å²) in [4.78, 5) is 10.3. The van der Waals surface area contributed by atoms with Gasteiger partial charge in [0.25, 0.3) is 0 Å². The van der Waals surface area contributed by atoms with Crippen molar-refractivity contribution in [1.29, 1.82) is 0 Å². The fourth-order valence-electron chi connectivity index (χ4n) is 3.12. The molecule has 0 amide bonds. The van der Waals surface area contributed by atoms with Crippen molar-refractivity contribution < 1.29 is 4.84 Å². The summed E-state index contributed by atoms with van der Waals surface area (Å²) in [7, 11) is 0. The molecule has 0 saturated heterocycles. The number of aromatic nitrogens is 3. The van der Waals surface area contributed by atoms with Gasteiger partial charge in [0.05, 0.1) is 11.8 Å². The van der Waals surface area contributed by atoms with E-state index in [9.17, 15) is 0 Å². The van der Waals surface area contributed by atoms with E-state index in [4.69, 9.17) is 16.4 Å². The van der Waals surface area contributed by atoms with E-state index in [1.807, 2.05) is 30.3 Å². The van der Waals surface area contributed by atoms with Crippen LogP contribution in [0.4, 0.5) is 0 Å². The number of aromatic amines is 1. The van der Waals surface area contributed by atoms with Gasteiger partial charge in [0.15, 0.2) is 5.82 Å². The minimum Gasteiger partial charge on any atom is -0.272 e. The van der Waals surface area contributed by atoms with Gasteiger partial charge in [0.2, 0.25) is 0 Å². The van der Waals surface area contributed by atoms with Crippen LogP contribution in [-0.2, 0) is 11.3 Å². The first kappa shape index (κ1) is 16.8. The van der Waals surface area contributed by atoms with Crippen molar-refractivity contribution in [3.8, 4) is 0 Å². The summed E-state index contributed by atoms with van der Waals surface area (Å²) < 4.78 is 0. The second kappa shape index (κ2) is 7.72. The van der Waals surface area contributed by atoms with Crippen LogP contribution in [0.2, 0.25) is 5.02 Å². The third-order valence-electron chi connectivity index (χ3n) is 4.49. The van der Waals surface area contributed by atoms with Gasteiger partial charge in [-0.05, 0) is 30.5 Å². The lowest BCUT2D eigenvalue weighted by Gasteiger charge is -2.28. The molecule has 2 aromatic carbocycles. The number of halogens is 1. The number of H-pyrrole nitrogens is 1. The minimum absolute atomic E-state index is 0.0614. The molecule has 3 aromatic rings. The van der Waals surface area contributed by atoms with E-state index in [1.165, 1.54) is 11.9 Å². The highest BCUT2D eigenvalue weighted by atomic mass is 35.5. The summed E-state index contributed by atoms with van der Waals surface area (Å²) in [5.74, 6) is 0.760. The van der Waals surface area contributed by atoms with Crippen molar-refractivity contribution >= 4 is 22.9 Å². The first-order chi connectivity index (χ1) is 12.8. The highest BCUT2D eigenvalue weighted by molar-refractivity contribution is 6.30. The first-order valence-electron chi connectivity index (χ1n) is 8.60. The van der Waals surface area contributed by atoms with E-state index in [0.717, 1.165) is 41.9 Å². The summed E-state index contributed by atoms with van der Waals surface area (Å²) in [5, 5.41) is 7.67. The molecule has 0 spiro atoms. The van der Waals surface area contributed by atoms with E-state index in [-0.39, 0.29) is 6.10 Å². The van der Waals surface area contributed by atoms with E-state index < -0.39 is 0 Å². The van der Waals surface area contributed by atoms with Gasteiger partial charge in [-0.15, -0.1) is 0 Å². The van der Waals surface area contributed by atoms with Gasteiger partial charge in [-0.1, -0.05) is 54.1 Å². The Morgan fingerprint density at radius 3 is 2.62 bits per heavy atom. The number of hydrogen-bond acceptors (Lipinski definition) is 4. The Labute approximate surface area is 157 Å². The Morgan fingerprint density at radius 2 is 1.88 bits per heavy atom. The number of aryl methyl sites for hydroxylation is 1. The van der Waals surface area contributed by atoms with Crippen molar-refractivity contribution in [3.05, 3.63) is 82.9 Å². The molecule has 0 aliphatic carbocycles. The van der Waals surface area contributed by atoms with E-state index in [1.54, 1.807) is 0 Å². The van der Waals surface area contributed by atoms with Crippen LogP contribution in [-0.4, -0.2) is 21.3 Å². The third kappa shape index (κ3) is 3.79. The van der Waals surface area contributed by atoms with Crippen LogP contribution in [0.5, 0.6) is 0 Å². The van der Waals surface area contributed by atoms with Gasteiger partial charge in [0.1, 0.15) is 6.33 Å². The predicted molar refractivity (Wildman–Crippen MR) is 102 cm³/mol. The van der Waals surface area contributed by atoms with Gasteiger partial charge >= 0.3 is 0 Å². The molecule has 0 bridgehead atoms. The summed E-state index contributed by atoms with van der Waals surface area (Å²) in [5.41, 5.74) is 7.40. The number of nitrogens with one attached hydrogen (secondary N) is 2. The zero-order valence-corrected chi connectivity index (χ0v) is 14.9. The third-order valence-corrected chi connectivity index (χ3v) is 4.74. The van der Waals surface area contributed by atoms with Crippen LogP contribution in [0.25, 0.3) is 11.3 Å². The van der Waals surface area contributed by atoms with Crippen LogP contribution in [0.1, 0.15) is 29.8 Å². The molecular formula is C20H19ClN4O. The fraction of sp³-hybridized carbons (Fsp3) is 0.200. The molecule has 1 atom stereocenters. The van der Waals surface area contributed by atoms with Crippen molar-refractivity contribution in [2.24, 2.45) is 0 Å². The Bertz CT molecular complexity index is 876. The summed E-state index contributed by atoms with van der Waals surface area (Å²) >= 11 is 6.01. The van der Waals surface area contributed by atoms with Gasteiger partial charge in [-0.3, -0.25) is 15.4 Å². The molecule has 0 fully saturated rings. The molecule has 6 heteroatoms. The highest BCUT2D eigenvalue weighted by Crippen LogP contribution is 2.32. The van der Waals surface area contributed by atoms with E-state index in [2.05, 4.69) is 44.9 Å². The van der Waals surface area contributed by atoms with E-state index >= 15 is 0 Å². The lowest BCUT2D eigenvalue weighted by Crippen LogP contribution is -2.30. The normalized spacial score (nSPS) is 17.2. The lowest BCUT2D eigenvalue weighted by atomic mass is 9.96. The number of benzene rings is 2. The Balaban J connectivity index is 1.56. The second-order valence-corrected chi connectivity index (χ2v) is 6.70. The number of nitrogens with zero attached hydrogens (tertiary/aromatic N) is 2. The lowest BCUT2D eigenvalue weighted by molar-refractivity contribution is -0.00318. The molecule has 1 aliphatic rings. The molecule has 1 aromatic heterocycles. The number of hydrogen-bond donors (Lipinski definition) is 2. The van der Waals surface area contributed by atoms with Crippen LogP contribution in [0.15, 0.2) is 60.9 Å². The molecule has 5 nitrogen and oxygen atoms in total. The van der Waals surface area contributed by atoms with Gasteiger partial charge in [-0.25, -0.2) is 4.98 Å². The smallest absolute Gasteiger partial charge is 0.153 e. The van der Waals surface area contributed by atoms with Crippen molar-refractivity contribution in [3.63, 3.8) is 0 Å². The van der Waals surface area contributed by atoms with Crippen molar-refractivity contribution in [2.45, 2.75) is 25.4 Å². The van der Waals surface area contributed by atoms with Crippen LogP contribution < -0.4 is 5.48 Å². The maximum absolute atomic E-state index is 6.01. The minimum atomic E-state index is 0.0614. The summed E-state index contributed by atoms with van der Waals surface area (Å²) in [6.07, 6.45) is 4.23. The van der Waals surface area contributed by atoms with Crippen LogP contribution in [0.3, 0.4) is 0 Å². The zero-order valence-electron chi connectivity index (χ0n) is 14.2. The summed E-state index contributed by atoms with van der Waals surface area (Å²) in [6, 6.07) is 18.1. The molecule has 1 unspecified atom stereocenters. The largest absolute Gasteiger partial charge is 0.272 e. The van der Waals surface area contributed by atoms with E-state index in [0.29, 0.717) is 5.02 Å². The molecule has 0 saturated carbocycles. The molecule has 2 heterocycles. The van der Waals surface area contributed by atoms with Crippen LogP contribution in [0, 0.1) is 0 Å². The quantitative estimate of drug-likeness (QED) is 0.708. The van der Waals surface area contributed by atoms with Crippen LogP contribution >= 0.6 is 11.6 Å². The maximum atomic E-state index is 6.01. The zero-order chi connectivity index (χ0) is 17.8.